The average molecular weight is 415 g/mol. The number of imidazole rings is 1. The molecule has 0 atom stereocenters. The highest BCUT2D eigenvalue weighted by molar-refractivity contribution is 5.81. The summed E-state index contributed by atoms with van der Waals surface area (Å²) in [5.74, 6) is 0.843. The average Bonchev–Trinajstić information content (AvgIpc) is 3.35. The van der Waals surface area contributed by atoms with Crippen molar-refractivity contribution >= 4 is 16.9 Å². The zero-order valence-corrected chi connectivity index (χ0v) is 15.5. The van der Waals surface area contributed by atoms with Gasteiger partial charge in [0.05, 0.1) is 22.9 Å². The summed E-state index contributed by atoms with van der Waals surface area (Å²) in [5, 5.41) is 9.69. The number of nitrogens with one attached hydrogen (secondary N) is 2. The largest absolute Gasteiger partial charge is 0.416 e. The topological polar surface area (TPSA) is 101 Å². The number of hydrogen-bond acceptors (Lipinski definition) is 5. The van der Waals surface area contributed by atoms with E-state index in [1.165, 1.54) is 17.0 Å². The van der Waals surface area contributed by atoms with Gasteiger partial charge in [-0.25, -0.2) is 9.97 Å². The first-order valence-corrected chi connectivity index (χ1v) is 9.00. The van der Waals surface area contributed by atoms with Crippen molar-refractivity contribution < 1.29 is 18.0 Å². The Kier molecular flexibility index (Phi) is 5.17. The number of nitrogens with zero attached hydrogens (tertiary/aromatic N) is 5. The monoisotopic (exact) mass is 415 g/mol. The van der Waals surface area contributed by atoms with Gasteiger partial charge in [0, 0.05) is 30.9 Å². The molecule has 3 aromatic heterocycles. The number of hydrogen-bond donors (Lipinski definition) is 2. The number of amides is 1. The Balaban J connectivity index is 1.33. The first-order chi connectivity index (χ1) is 14.4. The standard InChI is InChI=1S/C19H16F3N7O/c20-19(21,22)13-3-4-15-14(8-13)25-11-29(15)10-17(30)24-7-5-16-26-18(28-27-16)12-2-1-6-23-9-12/h1-4,6,8-9,11H,5,7,10H2,(H,24,30)(H,26,27,28). The maximum atomic E-state index is 12.8. The Morgan fingerprint density at radius 2 is 2.10 bits per heavy atom. The van der Waals surface area contributed by atoms with Crippen LogP contribution >= 0.6 is 0 Å². The molecule has 0 radical (unpaired) electrons. The fourth-order valence-corrected chi connectivity index (χ4v) is 2.93. The molecule has 1 aromatic carbocycles. The lowest BCUT2D eigenvalue weighted by Gasteiger charge is -2.08. The van der Waals surface area contributed by atoms with Crippen molar-refractivity contribution in [3.63, 3.8) is 0 Å². The summed E-state index contributed by atoms with van der Waals surface area (Å²) in [4.78, 5) is 24.5. The molecule has 0 unspecified atom stereocenters. The minimum Gasteiger partial charge on any atom is -0.354 e. The normalized spacial score (nSPS) is 11.7. The lowest BCUT2D eigenvalue weighted by molar-refractivity contribution is -0.137. The lowest BCUT2D eigenvalue weighted by atomic mass is 10.2. The number of aromatic nitrogens is 6. The number of pyridine rings is 1. The van der Waals surface area contributed by atoms with Crippen LogP contribution in [0.4, 0.5) is 13.2 Å². The van der Waals surface area contributed by atoms with Gasteiger partial charge in [0.15, 0.2) is 5.82 Å². The summed E-state index contributed by atoms with van der Waals surface area (Å²) in [7, 11) is 0. The first kappa shape index (κ1) is 19.6. The second-order valence-electron chi connectivity index (χ2n) is 6.52. The molecule has 11 heteroatoms. The zero-order chi connectivity index (χ0) is 21.1. The van der Waals surface area contributed by atoms with Crippen LogP contribution in [0.25, 0.3) is 22.4 Å². The molecule has 0 aliphatic rings. The Labute approximate surface area is 168 Å². The van der Waals surface area contributed by atoms with Gasteiger partial charge in [0.2, 0.25) is 5.91 Å². The molecule has 0 spiro atoms. The molecule has 2 N–H and O–H groups in total. The number of alkyl halides is 3. The molecule has 8 nitrogen and oxygen atoms in total. The van der Waals surface area contributed by atoms with Crippen LogP contribution in [-0.4, -0.2) is 42.2 Å². The maximum Gasteiger partial charge on any atom is 0.416 e. The smallest absolute Gasteiger partial charge is 0.354 e. The van der Waals surface area contributed by atoms with Crippen LogP contribution in [0, 0.1) is 0 Å². The second kappa shape index (κ2) is 7.93. The van der Waals surface area contributed by atoms with Gasteiger partial charge in [0.1, 0.15) is 12.4 Å². The molecule has 0 fully saturated rings. The number of rotatable bonds is 6. The third-order valence-corrected chi connectivity index (χ3v) is 4.40. The van der Waals surface area contributed by atoms with E-state index in [0.717, 1.165) is 17.7 Å². The number of carbonyl (C=O) groups is 1. The Hall–Kier alpha value is -3.76. The molecule has 4 rings (SSSR count). The van der Waals surface area contributed by atoms with Crippen molar-refractivity contribution in [1.82, 2.24) is 35.0 Å². The molecular formula is C19H16F3N7O. The maximum absolute atomic E-state index is 12.8. The highest BCUT2D eigenvalue weighted by atomic mass is 19.4. The molecule has 3 heterocycles. The van der Waals surface area contributed by atoms with Crippen molar-refractivity contribution in [2.75, 3.05) is 6.54 Å². The molecule has 30 heavy (non-hydrogen) atoms. The molecule has 0 saturated heterocycles. The Morgan fingerprint density at radius 1 is 1.23 bits per heavy atom. The summed E-state index contributed by atoms with van der Waals surface area (Å²) in [6.45, 7) is 0.268. The number of H-pyrrole nitrogens is 1. The molecule has 1 amide bonds. The summed E-state index contributed by atoms with van der Waals surface area (Å²) < 4.78 is 39.9. The van der Waals surface area contributed by atoms with E-state index >= 15 is 0 Å². The van der Waals surface area contributed by atoms with E-state index < -0.39 is 11.7 Å². The summed E-state index contributed by atoms with van der Waals surface area (Å²) in [6.07, 6.45) is 0.666. The SMILES string of the molecule is O=C(Cn1cnc2cc(C(F)(F)F)ccc21)NCCc1nc(-c2cccnc2)n[nH]1. The van der Waals surface area contributed by atoms with Crippen molar-refractivity contribution in [2.24, 2.45) is 0 Å². The van der Waals surface area contributed by atoms with E-state index in [2.05, 4.69) is 30.5 Å². The van der Waals surface area contributed by atoms with Crippen LogP contribution in [0.5, 0.6) is 0 Å². The number of halogens is 3. The Morgan fingerprint density at radius 3 is 2.87 bits per heavy atom. The number of carbonyl (C=O) groups excluding carboxylic acids is 1. The van der Waals surface area contributed by atoms with E-state index in [1.54, 1.807) is 18.5 Å². The minimum absolute atomic E-state index is 0.0563. The second-order valence-corrected chi connectivity index (χ2v) is 6.52. The van der Waals surface area contributed by atoms with E-state index in [-0.39, 0.29) is 18.0 Å². The van der Waals surface area contributed by atoms with Gasteiger partial charge in [0.25, 0.3) is 0 Å². The molecule has 0 saturated carbocycles. The van der Waals surface area contributed by atoms with Gasteiger partial charge in [-0.05, 0) is 30.3 Å². The fourth-order valence-electron chi connectivity index (χ4n) is 2.93. The van der Waals surface area contributed by atoms with Gasteiger partial charge >= 0.3 is 6.18 Å². The van der Waals surface area contributed by atoms with Crippen LogP contribution in [-0.2, 0) is 23.9 Å². The lowest BCUT2D eigenvalue weighted by Crippen LogP contribution is -2.29. The molecular weight excluding hydrogens is 399 g/mol. The molecule has 0 aliphatic heterocycles. The minimum atomic E-state index is -4.44. The summed E-state index contributed by atoms with van der Waals surface area (Å²) >= 11 is 0. The predicted octanol–water partition coefficient (Wildman–Crippen LogP) is 2.59. The zero-order valence-electron chi connectivity index (χ0n) is 15.5. The highest BCUT2D eigenvalue weighted by Crippen LogP contribution is 2.31. The van der Waals surface area contributed by atoms with E-state index in [4.69, 9.17) is 0 Å². The quantitative estimate of drug-likeness (QED) is 0.504. The fraction of sp³-hybridized carbons (Fsp3) is 0.211. The number of aromatic amines is 1. The Bertz CT molecular complexity index is 1170. The van der Waals surface area contributed by atoms with Crippen molar-refractivity contribution in [3.8, 4) is 11.4 Å². The molecule has 4 aromatic rings. The van der Waals surface area contributed by atoms with Crippen LogP contribution in [0.1, 0.15) is 11.4 Å². The number of fused-ring (bicyclic) bond motifs is 1. The summed E-state index contributed by atoms with van der Waals surface area (Å²) in [5.41, 5.74) is 0.642. The van der Waals surface area contributed by atoms with Crippen LogP contribution in [0.15, 0.2) is 49.1 Å². The van der Waals surface area contributed by atoms with E-state index in [0.29, 0.717) is 30.1 Å². The summed E-state index contributed by atoms with van der Waals surface area (Å²) in [6, 6.07) is 6.88. The van der Waals surface area contributed by atoms with Crippen molar-refractivity contribution in [2.45, 2.75) is 19.1 Å². The van der Waals surface area contributed by atoms with Gasteiger partial charge in [-0.3, -0.25) is 14.9 Å². The van der Waals surface area contributed by atoms with Crippen LogP contribution in [0.2, 0.25) is 0 Å². The third kappa shape index (κ3) is 4.29. The molecule has 0 aliphatic carbocycles. The first-order valence-electron chi connectivity index (χ1n) is 9.00. The van der Waals surface area contributed by atoms with Gasteiger partial charge in [-0.2, -0.15) is 18.3 Å². The van der Waals surface area contributed by atoms with Crippen LogP contribution < -0.4 is 5.32 Å². The van der Waals surface area contributed by atoms with Gasteiger partial charge in [-0.15, -0.1) is 0 Å². The van der Waals surface area contributed by atoms with Crippen molar-refractivity contribution in [3.05, 3.63) is 60.4 Å². The van der Waals surface area contributed by atoms with E-state index in [1.807, 2.05) is 6.07 Å². The third-order valence-electron chi connectivity index (χ3n) is 4.40. The van der Waals surface area contributed by atoms with Crippen LogP contribution in [0.3, 0.4) is 0 Å². The predicted molar refractivity (Wildman–Crippen MR) is 101 cm³/mol. The van der Waals surface area contributed by atoms with Gasteiger partial charge in [-0.1, -0.05) is 0 Å². The van der Waals surface area contributed by atoms with E-state index in [9.17, 15) is 18.0 Å². The molecule has 0 bridgehead atoms. The van der Waals surface area contributed by atoms with Crippen molar-refractivity contribution in [1.29, 1.82) is 0 Å². The highest BCUT2D eigenvalue weighted by Gasteiger charge is 2.30. The van der Waals surface area contributed by atoms with Gasteiger partial charge < -0.3 is 9.88 Å². The number of benzene rings is 1. The molecule has 154 valence electrons.